The summed E-state index contributed by atoms with van der Waals surface area (Å²) in [5.74, 6) is 4.25. The molecule has 0 aromatic carbocycles. The fraction of sp³-hybridized carbons (Fsp3) is 0.400. The zero-order valence-electron chi connectivity index (χ0n) is 8.24. The number of nitrogen functional groups attached to an aromatic ring is 1. The fourth-order valence-electron chi connectivity index (χ4n) is 1.18. The van der Waals surface area contributed by atoms with Crippen molar-refractivity contribution in [3.8, 4) is 11.8 Å². The molecule has 1 unspecified atom stereocenters. The lowest BCUT2D eigenvalue weighted by Gasteiger charge is -2.08. The molecule has 1 atom stereocenters. The molecule has 0 aliphatic heterocycles. The van der Waals surface area contributed by atoms with Gasteiger partial charge in [0.15, 0.2) is 0 Å². The van der Waals surface area contributed by atoms with E-state index in [0.29, 0.717) is 17.8 Å². The summed E-state index contributed by atoms with van der Waals surface area (Å²) in [5, 5.41) is 0. The maximum atomic E-state index is 11.9. The zero-order chi connectivity index (χ0) is 11.3. The molecule has 0 amide bonds. The Labute approximate surface area is 86.7 Å². The highest BCUT2D eigenvalue weighted by Crippen LogP contribution is 2.21. The molecule has 1 rings (SSSR count). The zero-order valence-corrected chi connectivity index (χ0v) is 8.24. The van der Waals surface area contributed by atoms with Crippen LogP contribution in [-0.4, -0.2) is 16.4 Å². The average Bonchev–Trinajstić information content (AvgIpc) is 2.21. The molecule has 80 valence electrons. The van der Waals surface area contributed by atoms with E-state index >= 15 is 0 Å². The SMILES string of the molecule is CCC(C#CC(F)F)c1cncnc1N. The maximum Gasteiger partial charge on any atom is 0.298 e. The van der Waals surface area contributed by atoms with Crippen molar-refractivity contribution in [1.82, 2.24) is 9.97 Å². The van der Waals surface area contributed by atoms with Gasteiger partial charge in [-0.3, -0.25) is 0 Å². The van der Waals surface area contributed by atoms with Crippen molar-refractivity contribution in [2.24, 2.45) is 0 Å². The lowest BCUT2D eigenvalue weighted by Crippen LogP contribution is -2.03. The third kappa shape index (κ3) is 3.17. The van der Waals surface area contributed by atoms with E-state index in [-0.39, 0.29) is 5.92 Å². The van der Waals surface area contributed by atoms with Crippen molar-refractivity contribution >= 4 is 5.82 Å². The molecule has 1 heterocycles. The minimum absolute atomic E-state index is 0.292. The van der Waals surface area contributed by atoms with Gasteiger partial charge in [0.2, 0.25) is 0 Å². The third-order valence-corrected chi connectivity index (χ3v) is 1.92. The van der Waals surface area contributed by atoms with Crippen LogP contribution in [0, 0.1) is 11.8 Å². The molecule has 0 spiro atoms. The van der Waals surface area contributed by atoms with Gasteiger partial charge >= 0.3 is 0 Å². The Morgan fingerprint density at radius 2 is 2.20 bits per heavy atom. The molecule has 2 N–H and O–H groups in total. The van der Waals surface area contributed by atoms with Crippen LogP contribution in [0.25, 0.3) is 0 Å². The van der Waals surface area contributed by atoms with E-state index in [1.54, 1.807) is 0 Å². The summed E-state index contributed by atoms with van der Waals surface area (Å²) >= 11 is 0. The topological polar surface area (TPSA) is 51.8 Å². The first-order chi connectivity index (χ1) is 7.15. The van der Waals surface area contributed by atoms with Crippen LogP contribution >= 0.6 is 0 Å². The smallest absolute Gasteiger partial charge is 0.298 e. The average molecular weight is 211 g/mol. The second kappa shape index (κ2) is 5.25. The van der Waals surface area contributed by atoms with Crippen LogP contribution in [0.4, 0.5) is 14.6 Å². The van der Waals surface area contributed by atoms with Gasteiger partial charge in [0, 0.05) is 11.8 Å². The van der Waals surface area contributed by atoms with Gasteiger partial charge in [-0.15, -0.1) is 0 Å². The standard InChI is InChI=1S/C10H11F2N3/c1-2-7(3-4-9(11)12)8-5-14-6-15-10(8)13/h5-7,9H,2H2,1H3,(H2,13,14,15). The van der Waals surface area contributed by atoms with Crippen LogP contribution in [0.2, 0.25) is 0 Å². The van der Waals surface area contributed by atoms with Crippen molar-refractivity contribution < 1.29 is 8.78 Å². The molecule has 0 saturated carbocycles. The van der Waals surface area contributed by atoms with Gasteiger partial charge in [0.1, 0.15) is 12.1 Å². The molecule has 0 saturated heterocycles. The number of nitrogens with zero attached hydrogens (tertiary/aromatic N) is 2. The molecule has 1 aromatic heterocycles. The van der Waals surface area contributed by atoms with Crippen molar-refractivity contribution in [1.29, 1.82) is 0 Å². The molecule has 3 nitrogen and oxygen atoms in total. The molecule has 0 bridgehead atoms. The molecule has 0 aliphatic rings. The number of halogens is 2. The molecule has 0 radical (unpaired) electrons. The Morgan fingerprint density at radius 1 is 1.47 bits per heavy atom. The maximum absolute atomic E-state index is 11.9. The lowest BCUT2D eigenvalue weighted by atomic mass is 9.99. The first kappa shape index (κ1) is 11.4. The summed E-state index contributed by atoms with van der Waals surface area (Å²) in [5.41, 5.74) is 6.20. The quantitative estimate of drug-likeness (QED) is 0.759. The highest BCUT2D eigenvalue weighted by atomic mass is 19.3. The van der Waals surface area contributed by atoms with Gasteiger partial charge in [-0.1, -0.05) is 12.8 Å². The number of hydrogen-bond acceptors (Lipinski definition) is 3. The van der Waals surface area contributed by atoms with E-state index in [4.69, 9.17) is 5.73 Å². The van der Waals surface area contributed by atoms with Crippen LogP contribution in [0.3, 0.4) is 0 Å². The highest BCUT2D eigenvalue weighted by Gasteiger charge is 2.10. The summed E-state index contributed by atoms with van der Waals surface area (Å²) in [4.78, 5) is 7.58. The first-order valence-electron chi connectivity index (χ1n) is 4.49. The minimum atomic E-state index is -2.62. The molecule has 0 aliphatic carbocycles. The molecule has 5 heteroatoms. The minimum Gasteiger partial charge on any atom is -0.383 e. The largest absolute Gasteiger partial charge is 0.383 e. The Balaban J connectivity index is 2.95. The van der Waals surface area contributed by atoms with Crippen molar-refractivity contribution in [3.63, 3.8) is 0 Å². The second-order valence-corrected chi connectivity index (χ2v) is 2.91. The summed E-state index contributed by atoms with van der Waals surface area (Å²) in [7, 11) is 0. The van der Waals surface area contributed by atoms with E-state index < -0.39 is 6.43 Å². The molecular formula is C10H11F2N3. The molecule has 0 fully saturated rings. The van der Waals surface area contributed by atoms with E-state index in [1.165, 1.54) is 12.5 Å². The summed E-state index contributed by atoms with van der Waals surface area (Å²) in [6.07, 6.45) is 0.796. The highest BCUT2D eigenvalue weighted by molar-refractivity contribution is 5.43. The van der Waals surface area contributed by atoms with Crippen LogP contribution in [0.15, 0.2) is 12.5 Å². The number of rotatable bonds is 2. The van der Waals surface area contributed by atoms with Gasteiger partial charge in [-0.05, 0) is 12.3 Å². The van der Waals surface area contributed by atoms with Crippen LogP contribution in [0.5, 0.6) is 0 Å². The summed E-state index contributed by atoms with van der Waals surface area (Å²) in [6.45, 7) is 1.84. The van der Waals surface area contributed by atoms with E-state index in [9.17, 15) is 8.78 Å². The monoisotopic (exact) mass is 211 g/mol. The van der Waals surface area contributed by atoms with Crippen LogP contribution in [0.1, 0.15) is 24.8 Å². The number of alkyl halides is 2. The Hall–Kier alpha value is -1.70. The van der Waals surface area contributed by atoms with Gasteiger partial charge in [0.25, 0.3) is 6.43 Å². The molecular weight excluding hydrogens is 200 g/mol. The number of aromatic nitrogens is 2. The van der Waals surface area contributed by atoms with Gasteiger partial charge < -0.3 is 5.73 Å². The number of anilines is 1. The normalized spacial score (nSPS) is 12.0. The van der Waals surface area contributed by atoms with E-state index in [1.807, 2.05) is 12.8 Å². The van der Waals surface area contributed by atoms with Gasteiger partial charge in [-0.2, -0.15) is 8.78 Å². The molecule has 15 heavy (non-hydrogen) atoms. The first-order valence-corrected chi connectivity index (χ1v) is 4.49. The predicted molar refractivity (Wildman–Crippen MR) is 53.3 cm³/mol. The number of hydrogen-bond donors (Lipinski definition) is 1. The second-order valence-electron chi connectivity index (χ2n) is 2.91. The fourth-order valence-corrected chi connectivity index (χ4v) is 1.18. The Bertz CT molecular complexity index is 382. The Morgan fingerprint density at radius 3 is 2.73 bits per heavy atom. The van der Waals surface area contributed by atoms with Crippen molar-refractivity contribution in [3.05, 3.63) is 18.1 Å². The third-order valence-electron chi connectivity index (χ3n) is 1.92. The van der Waals surface area contributed by atoms with Gasteiger partial charge in [0.05, 0.1) is 5.92 Å². The van der Waals surface area contributed by atoms with Crippen LogP contribution in [-0.2, 0) is 0 Å². The van der Waals surface area contributed by atoms with Crippen LogP contribution < -0.4 is 5.73 Å². The summed E-state index contributed by atoms with van der Waals surface area (Å²) < 4.78 is 23.8. The van der Waals surface area contributed by atoms with Crippen molar-refractivity contribution in [2.75, 3.05) is 5.73 Å². The number of nitrogens with two attached hydrogens (primary N) is 1. The lowest BCUT2D eigenvalue weighted by molar-refractivity contribution is 0.215. The predicted octanol–water partition coefficient (Wildman–Crippen LogP) is 1.82. The van der Waals surface area contributed by atoms with Crippen molar-refractivity contribution in [2.45, 2.75) is 25.7 Å². The molecule has 1 aromatic rings. The Kier molecular flexibility index (Phi) is 3.98. The summed E-state index contributed by atoms with van der Waals surface area (Å²) in [6, 6.07) is 0. The van der Waals surface area contributed by atoms with E-state index in [0.717, 1.165) is 0 Å². The van der Waals surface area contributed by atoms with Gasteiger partial charge in [-0.25, -0.2) is 9.97 Å². The van der Waals surface area contributed by atoms with E-state index in [2.05, 4.69) is 15.9 Å².